The highest BCUT2D eigenvalue weighted by molar-refractivity contribution is 7.12. The second-order valence-electron chi connectivity index (χ2n) is 6.77. The predicted molar refractivity (Wildman–Crippen MR) is 98.9 cm³/mol. The van der Waals surface area contributed by atoms with Crippen LogP contribution in [0.4, 0.5) is 0 Å². The number of benzene rings is 1. The number of hydrogen-bond donors (Lipinski definition) is 0. The lowest BCUT2D eigenvalue weighted by atomic mass is 9.93. The number of carbonyl (C=O) groups excluding carboxylic acids is 1. The summed E-state index contributed by atoms with van der Waals surface area (Å²) in [5.74, 6) is 1.67. The number of aryl methyl sites for hydroxylation is 1. The van der Waals surface area contributed by atoms with E-state index in [1.54, 1.807) is 11.3 Å². The second kappa shape index (κ2) is 6.71. The molecule has 4 nitrogen and oxygen atoms in total. The van der Waals surface area contributed by atoms with Crippen molar-refractivity contribution in [2.75, 3.05) is 20.3 Å². The lowest BCUT2D eigenvalue weighted by Crippen LogP contribution is -2.30. The second-order valence-corrected chi connectivity index (χ2v) is 7.65. The van der Waals surface area contributed by atoms with E-state index in [9.17, 15) is 4.79 Å². The molecule has 2 aromatic rings. The average molecular weight is 357 g/mol. The molecule has 25 heavy (non-hydrogen) atoms. The molecule has 2 aliphatic rings. The van der Waals surface area contributed by atoms with E-state index in [1.165, 1.54) is 24.0 Å². The summed E-state index contributed by atoms with van der Waals surface area (Å²) in [6.07, 6.45) is 4.57. The molecule has 1 aromatic carbocycles. The van der Waals surface area contributed by atoms with Crippen LogP contribution >= 0.6 is 11.3 Å². The van der Waals surface area contributed by atoms with Crippen molar-refractivity contribution < 1.29 is 14.3 Å². The van der Waals surface area contributed by atoms with Gasteiger partial charge in [-0.3, -0.25) is 4.79 Å². The molecule has 0 fully saturated rings. The van der Waals surface area contributed by atoms with E-state index in [-0.39, 0.29) is 11.9 Å². The molecule has 0 saturated heterocycles. The topological polar surface area (TPSA) is 38.8 Å². The van der Waals surface area contributed by atoms with Gasteiger partial charge in [0.05, 0.1) is 10.9 Å². The summed E-state index contributed by atoms with van der Waals surface area (Å²) in [6.45, 7) is 3.22. The van der Waals surface area contributed by atoms with Crippen molar-refractivity contribution in [3.63, 3.8) is 0 Å². The number of amides is 1. The van der Waals surface area contributed by atoms with Crippen LogP contribution in [0.15, 0.2) is 23.6 Å². The third-order valence-corrected chi connectivity index (χ3v) is 6.31. The first-order valence-corrected chi connectivity index (χ1v) is 9.79. The number of nitrogens with zero attached hydrogens (tertiary/aromatic N) is 1. The van der Waals surface area contributed by atoms with Crippen molar-refractivity contribution in [1.82, 2.24) is 4.90 Å². The molecule has 1 atom stereocenters. The van der Waals surface area contributed by atoms with Crippen LogP contribution in [0.2, 0.25) is 0 Å². The predicted octanol–water partition coefficient (Wildman–Crippen LogP) is 4.23. The van der Waals surface area contributed by atoms with Gasteiger partial charge in [-0.05, 0) is 66.8 Å². The number of carbonyl (C=O) groups is 1. The van der Waals surface area contributed by atoms with Gasteiger partial charge in [-0.1, -0.05) is 6.07 Å². The monoisotopic (exact) mass is 357 g/mol. The van der Waals surface area contributed by atoms with Gasteiger partial charge in [0.15, 0.2) is 11.5 Å². The quantitative estimate of drug-likeness (QED) is 0.825. The largest absolute Gasteiger partial charge is 0.486 e. The Labute approximate surface area is 152 Å². The van der Waals surface area contributed by atoms with Crippen LogP contribution in [-0.4, -0.2) is 31.1 Å². The van der Waals surface area contributed by atoms with Gasteiger partial charge < -0.3 is 14.4 Å². The van der Waals surface area contributed by atoms with E-state index in [0.29, 0.717) is 13.2 Å². The number of thiophene rings is 1. The molecule has 1 unspecified atom stereocenters. The van der Waals surface area contributed by atoms with Crippen molar-refractivity contribution in [3.8, 4) is 11.5 Å². The Morgan fingerprint density at radius 1 is 1.16 bits per heavy atom. The normalized spacial score (nSPS) is 16.9. The Morgan fingerprint density at radius 3 is 2.76 bits per heavy atom. The molecule has 1 aliphatic carbocycles. The minimum atomic E-state index is -0.0235. The number of ether oxygens (including phenoxy) is 2. The van der Waals surface area contributed by atoms with E-state index < -0.39 is 0 Å². The summed E-state index contributed by atoms with van der Waals surface area (Å²) >= 11 is 1.60. The minimum absolute atomic E-state index is 0.0235. The highest BCUT2D eigenvalue weighted by Crippen LogP contribution is 2.35. The minimum Gasteiger partial charge on any atom is -0.486 e. The summed E-state index contributed by atoms with van der Waals surface area (Å²) < 4.78 is 11.3. The van der Waals surface area contributed by atoms with Crippen LogP contribution < -0.4 is 9.47 Å². The molecule has 0 radical (unpaired) electrons. The van der Waals surface area contributed by atoms with Crippen LogP contribution in [0.1, 0.15) is 52.2 Å². The standard InChI is InChI=1S/C20H23NO3S/c1-13(14-7-8-17-18(11-14)24-10-9-23-17)21(2)20(22)19-16-6-4-3-5-15(16)12-25-19/h7-8,11-13H,3-6,9-10H2,1-2H3. The molecule has 4 rings (SSSR count). The highest BCUT2D eigenvalue weighted by atomic mass is 32.1. The van der Waals surface area contributed by atoms with Gasteiger partial charge in [0.25, 0.3) is 5.91 Å². The first-order chi connectivity index (χ1) is 12.1. The van der Waals surface area contributed by atoms with Gasteiger partial charge in [0, 0.05) is 7.05 Å². The number of hydrogen-bond acceptors (Lipinski definition) is 4. The first kappa shape index (κ1) is 16.5. The number of rotatable bonds is 3. The molecule has 2 heterocycles. The van der Waals surface area contributed by atoms with E-state index in [4.69, 9.17) is 9.47 Å². The first-order valence-electron chi connectivity index (χ1n) is 8.91. The smallest absolute Gasteiger partial charge is 0.264 e. The summed E-state index contributed by atoms with van der Waals surface area (Å²) in [4.78, 5) is 15.8. The fraction of sp³-hybridized carbons (Fsp3) is 0.450. The summed E-state index contributed by atoms with van der Waals surface area (Å²) in [7, 11) is 1.89. The molecule has 0 spiro atoms. The van der Waals surface area contributed by atoms with E-state index in [0.717, 1.165) is 34.8 Å². The van der Waals surface area contributed by atoms with Crippen molar-refractivity contribution in [2.45, 2.75) is 38.6 Å². The zero-order valence-corrected chi connectivity index (χ0v) is 15.5. The Bertz CT molecular complexity index is 798. The Morgan fingerprint density at radius 2 is 1.92 bits per heavy atom. The van der Waals surface area contributed by atoms with Crippen LogP contribution in [0.5, 0.6) is 11.5 Å². The van der Waals surface area contributed by atoms with Crippen molar-refractivity contribution in [1.29, 1.82) is 0 Å². The SMILES string of the molecule is CC(c1ccc2c(c1)OCCO2)N(C)C(=O)c1scc2c1CCCC2. The lowest BCUT2D eigenvalue weighted by Gasteiger charge is -2.27. The molecule has 5 heteroatoms. The lowest BCUT2D eigenvalue weighted by molar-refractivity contribution is 0.0745. The van der Waals surface area contributed by atoms with E-state index in [1.807, 2.05) is 30.1 Å². The molecular formula is C20H23NO3S. The van der Waals surface area contributed by atoms with Crippen LogP contribution in [0.25, 0.3) is 0 Å². The van der Waals surface area contributed by atoms with Crippen molar-refractivity contribution in [2.24, 2.45) is 0 Å². The van der Waals surface area contributed by atoms with E-state index in [2.05, 4.69) is 12.3 Å². The zero-order valence-electron chi connectivity index (χ0n) is 14.7. The molecule has 0 saturated carbocycles. The van der Waals surface area contributed by atoms with Gasteiger partial charge >= 0.3 is 0 Å². The summed E-state index contributed by atoms with van der Waals surface area (Å²) in [6, 6.07) is 5.93. The Kier molecular flexibility index (Phi) is 4.42. The third-order valence-electron chi connectivity index (χ3n) is 5.25. The fourth-order valence-electron chi connectivity index (χ4n) is 3.58. The van der Waals surface area contributed by atoms with Crippen molar-refractivity contribution >= 4 is 17.2 Å². The van der Waals surface area contributed by atoms with Gasteiger partial charge in [-0.25, -0.2) is 0 Å². The third kappa shape index (κ3) is 3.01. The maximum atomic E-state index is 13.1. The van der Waals surface area contributed by atoms with E-state index >= 15 is 0 Å². The summed E-state index contributed by atoms with van der Waals surface area (Å²) in [5.41, 5.74) is 3.72. The van der Waals surface area contributed by atoms with Crippen molar-refractivity contribution in [3.05, 3.63) is 45.1 Å². The summed E-state index contributed by atoms with van der Waals surface area (Å²) in [5, 5.41) is 2.17. The van der Waals surface area contributed by atoms with Crippen LogP contribution in [0.3, 0.4) is 0 Å². The van der Waals surface area contributed by atoms with Crippen LogP contribution in [-0.2, 0) is 12.8 Å². The molecular weight excluding hydrogens is 334 g/mol. The maximum Gasteiger partial charge on any atom is 0.264 e. The van der Waals surface area contributed by atoms with Gasteiger partial charge in [-0.2, -0.15) is 0 Å². The fourth-order valence-corrected chi connectivity index (χ4v) is 4.72. The average Bonchev–Trinajstić information content (AvgIpc) is 3.10. The molecule has 1 aromatic heterocycles. The Balaban J connectivity index is 1.56. The molecule has 1 aliphatic heterocycles. The Hall–Kier alpha value is -2.01. The van der Waals surface area contributed by atoms with Crippen LogP contribution in [0, 0.1) is 0 Å². The van der Waals surface area contributed by atoms with Gasteiger partial charge in [0.2, 0.25) is 0 Å². The van der Waals surface area contributed by atoms with Gasteiger partial charge in [-0.15, -0.1) is 11.3 Å². The molecule has 0 bridgehead atoms. The highest BCUT2D eigenvalue weighted by Gasteiger charge is 2.26. The molecule has 1 amide bonds. The maximum absolute atomic E-state index is 13.1. The zero-order chi connectivity index (χ0) is 17.4. The van der Waals surface area contributed by atoms with Gasteiger partial charge in [0.1, 0.15) is 13.2 Å². The molecule has 0 N–H and O–H groups in total. The number of fused-ring (bicyclic) bond motifs is 2. The molecule has 132 valence electrons.